The number of hydrogen-bond donors (Lipinski definition) is 2. The quantitative estimate of drug-likeness (QED) is 0.244. The second-order valence-electron chi connectivity index (χ2n) is 7.38. The van der Waals surface area contributed by atoms with Crippen LogP contribution in [0.4, 0.5) is 4.79 Å². The molecular formula is C29H22O3. The largest absolute Gasteiger partial charge is 0.503 e. The SMILES string of the molecule is O=C(O)O.c1ccc2cc3ccccc3cc2c1.c1ccc2cc3ccccc3cc2c1. The summed E-state index contributed by atoms with van der Waals surface area (Å²) in [6.45, 7) is 0. The van der Waals surface area contributed by atoms with Crippen molar-refractivity contribution in [3.63, 3.8) is 0 Å². The van der Waals surface area contributed by atoms with Crippen LogP contribution in [-0.4, -0.2) is 16.4 Å². The van der Waals surface area contributed by atoms with E-state index >= 15 is 0 Å². The fraction of sp³-hybridized carbons (Fsp3) is 0. The van der Waals surface area contributed by atoms with Gasteiger partial charge < -0.3 is 10.2 Å². The Balaban J connectivity index is 0.000000132. The minimum atomic E-state index is -1.83. The topological polar surface area (TPSA) is 57.5 Å². The highest BCUT2D eigenvalue weighted by molar-refractivity contribution is 5.99. The smallest absolute Gasteiger partial charge is 0.450 e. The lowest BCUT2D eigenvalue weighted by molar-refractivity contribution is 0.137. The van der Waals surface area contributed by atoms with Crippen LogP contribution in [0.5, 0.6) is 0 Å². The molecule has 0 aromatic heterocycles. The lowest BCUT2D eigenvalue weighted by Gasteiger charge is -2.00. The monoisotopic (exact) mass is 418 g/mol. The molecule has 156 valence electrons. The molecule has 0 aliphatic carbocycles. The van der Waals surface area contributed by atoms with E-state index in [1.807, 2.05) is 0 Å². The maximum absolute atomic E-state index is 8.56. The maximum atomic E-state index is 8.56. The molecule has 6 aromatic rings. The van der Waals surface area contributed by atoms with E-state index in [0.29, 0.717) is 0 Å². The van der Waals surface area contributed by atoms with Crippen LogP contribution in [0.15, 0.2) is 121 Å². The normalized spacial score (nSPS) is 10.2. The third kappa shape index (κ3) is 5.02. The van der Waals surface area contributed by atoms with Crippen molar-refractivity contribution in [2.24, 2.45) is 0 Å². The van der Waals surface area contributed by atoms with Crippen LogP contribution >= 0.6 is 0 Å². The fourth-order valence-electron chi connectivity index (χ4n) is 3.77. The maximum Gasteiger partial charge on any atom is 0.503 e. The van der Waals surface area contributed by atoms with Gasteiger partial charge in [-0.15, -0.1) is 0 Å². The second-order valence-corrected chi connectivity index (χ2v) is 7.38. The van der Waals surface area contributed by atoms with Gasteiger partial charge in [-0.1, -0.05) is 97.1 Å². The van der Waals surface area contributed by atoms with Crippen LogP contribution < -0.4 is 0 Å². The van der Waals surface area contributed by atoms with Gasteiger partial charge in [0.15, 0.2) is 0 Å². The number of benzene rings is 6. The highest BCUT2D eigenvalue weighted by atomic mass is 16.6. The van der Waals surface area contributed by atoms with Gasteiger partial charge in [-0.05, 0) is 67.4 Å². The summed E-state index contributed by atoms with van der Waals surface area (Å²) >= 11 is 0. The van der Waals surface area contributed by atoms with Crippen LogP contribution in [0.2, 0.25) is 0 Å². The Labute approximate surface area is 185 Å². The average molecular weight is 418 g/mol. The Hall–Kier alpha value is -4.37. The van der Waals surface area contributed by atoms with Gasteiger partial charge >= 0.3 is 6.16 Å². The molecule has 0 fully saturated rings. The Morgan fingerprint density at radius 1 is 0.375 bits per heavy atom. The molecule has 3 nitrogen and oxygen atoms in total. The fourth-order valence-corrected chi connectivity index (χ4v) is 3.77. The third-order valence-electron chi connectivity index (χ3n) is 5.23. The van der Waals surface area contributed by atoms with E-state index in [2.05, 4.69) is 121 Å². The summed E-state index contributed by atoms with van der Waals surface area (Å²) in [5.41, 5.74) is 0. The van der Waals surface area contributed by atoms with Gasteiger partial charge in [0.05, 0.1) is 0 Å². The minimum Gasteiger partial charge on any atom is -0.450 e. The Bertz CT molecular complexity index is 1190. The van der Waals surface area contributed by atoms with Gasteiger partial charge in [0, 0.05) is 0 Å². The van der Waals surface area contributed by atoms with E-state index in [4.69, 9.17) is 15.0 Å². The number of hydrogen-bond acceptors (Lipinski definition) is 1. The van der Waals surface area contributed by atoms with Crippen LogP contribution in [0.25, 0.3) is 43.1 Å². The molecule has 0 unspecified atom stereocenters. The van der Waals surface area contributed by atoms with E-state index in [0.717, 1.165) is 0 Å². The van der Waals surface area contributed by atoms with Crippen molar-refractivity contribution in [2.45, 2.75) is 0 Å². The molecular weight excluding hydrogens is 396 g/mol. The predicted octanol–water partition coefficient (Wildman–Crippen LogP) is 8.21. The molecule has 6 rings (SSSR count). The molecule has 0 saturated carbocycles. The van der Waals surface area contributed by atoms with Crippen molar-refractivity contribution >= 4 is 49.2 Å². The molecule has 0 amide bonds. The van der Waals surface area contributed by atoms with Gasteiger partial charge in [-0.2, -0.15) is 0 Å². The molecule has 0 aliphatic heterocycles. The first-order valence-corrected chi connectivity index (χ1v) is 10.3. The lowest BCUT2D eigenvalue weighted by atomic mass is 10.0. The second kappa shape index (κ2) is 9.63. The molecule has 0 radical (unpaired) electrons. The summed E-state index contributed by atoms with van der Waals surface area (Å²) in [6.07, 6.45) is -1.83. The van der Waals surface area contributed by atoms with Crippen molar-refractivity contribution in [3.8, 4) is 0 Å². The molecule has 0 atom stereocenters. The van der Waals surface area contributed by atoms with Gasteiger partial charge in [-0.25, -0.2) is 4.79 Å². The van der Waals surface area contributed by atoms with Gasteiger partial charge in [0.1, 0.15) is 0 Å². The minimum absolute atomic E-state index is 1.31. The van der Waals surface area contributed by atoms with Crippen molar-refractivity contribution in [2.75, 3.05) is 0 Å². The number of rotatable bonds is 0. The summed E-state index contributed by atoms with van der Waals surface area (Å²) in [6, 6.07) is 42.8. The lowest BCUT2D eigenvalue weighted by Crippen LogP contribution is -1.81. The Morgan fingerprint density at radius 3 is 0.625 bits per heavy atom. The summed E-state index contributed by atoms with van der Waals surface area (Å²) in [4.78, 5) is 8.56. The molecule has 0 saturated heterocycles. The Morgan fingerprint density at radius 2 is 0.500 bits per heavy atom. The molecule has 32 heavy (non-hydrogen) atoms. The number of fused-ring (bicyclic) bond motifs is 4. The zero-order chi connectivity index (χ0) is 22.3. The third-order valence-corrected chi connectivity index (χ3v) is 5.23. The van der Waals surface area contributed by atoms with Gasteiger partial charge in [-0.3, -0.25) is 0 Å². The molecule has 0 bridgehead atoms. The first-order valence-electron chi connectivity index (χ1n) is 10.3. The van der Waals surface area contributed by atoms with Crippen molar-refractivity contribution < 1.29 is 15.0 Å². The van der Waals surface area contributed by atoms with Gasteiger partial charge in [0.25, 0.3) is 0 Å². The van der Waals surface area contributed by atoms with Crippen molar-refractivity contribution in [1.82, 2.24) is 0 Å². The van der Waals surface area contributed by atoms with Crippen LogP contribution in [0, 0.1) is 0 Å². The number of carbonyl (C=O) groups is 1. The predicted molar refractivity (Wildman–Crippen MR) is 134 cm³/mol. The van der Waals surface area contributed by atoms with Crippen molar-refractivity contribution in [3.05, 3.63) is 121 Å². The molecule has 0 aliphatic rings. The van der Waals surface area contributed by atoms with Gasteiger partial charge in [0.2, 0.25) is 0 Å². The van der Waals surface area contributed by atoms with E-state index < -0.39 is 6.16 Å². The molecule has 2 N–H and O–H groups in total. The molecule has 3 heteroatoms. The zero-order valence-electron chi connectivity index (χ0n) is 17.3. The zero-order valence-corrected chi connectivity index (χ0v) is 17.3. The van der Waals surface area contributed by atoms with E-state index in [-0.39, 0.29) is 0 Å². The molecule has 6 aromatic carbocycles. The standard InChI is InChI=1S/2C14H10.CH2O3/c2*1-2-6-12-10-14-8-4-3-7-13(14)9-11(12)5-1;2-1(3)4/h2*1-10H;(H2,2,3,4). The molecule has 0 heterocycles. The summed E-state index contributed by atoms with van der Waals surface area (Å²) in [5, 5.41) is 24.4. The van der Waals surface area contributed by atoms with E-state index in [9.17, 15) is 0 Å². The molecule has 0 spiro atoms. The Kier molecular flexibility index (Phi) is 6.28. The highest BCUT2D eigenvalue weighted by Gasteiger charge is 1.96. The van der Waals surface area contributed by atoms with Crippen LogP contribution in [0.1, 0.15) is 0 Å². The number of carboxylic acid groups (broad SMARTS) is 2. The van der Waals surface area contributed by atoms with Crippen molar-refractivity contribution in [1.29, 1.82) is 0 Å². The van der Waals surface area contributed by atoms with E-state index in [1.54, 1.807) is 0 Å². The summed E-state index contributed by atoms with van der Waals surface area (Å²) in [7, 11) is 0. The van der Waals surface area contributed by atoms with E-state index in [1.165, 1.54) is 43.1 Å². The van der Waals surface area contributed by atoms with Crippen LogP contribution in [-0.2, 0) is 0 Å². The summed E-state index contributed by atoms with van der Waals surface area (Å²) < 4.78 is 0. The first kappa shape index (κ1) is 20.9. The summed E-state index contributed by atoms with van der Waals surface area (Å²) in [5.74, 6) is 0. The average Bonchev–Trinajstić information content (AvgIpc) is 2.81. The highest BCUT2D eigenvalue weighted by Crippen LogP contribution is 2.23. The first-order chi connectivity index (χ1) is 15.6. The van der Waals surface area contributed by atoms with Crippen LogP contribution in [0.3, 0.4) is 0 Å².